The lowest BCUT2D eigenvalue weighted by Gasteiger charge is -2.34. The molecule has 1 aliphatic heterocycles. The van der Waals surface area contributed by atoms with Gasteiger partial charge in [0.25, 0.3) is 6.43 Å². The van der Waals surface area contributed by atoms with Crippen molar-refractivity contribution in [3.63, 3.8) is 0 Å². The standard InChI is InChI=1S/C25H26F6N4O4S2/c1-12-33-19-18(20(39-3)22(27)28)17(11-32-23(19)40-12)34-16-5-4-14(10-15(16)26)21(25(29,30)31)35(2)24(36)13-6-8-41(37,38)9-7-13/h4-5,10-11,13,20-22,34H,6-9H2,1-3H3/t20-,21+/m1/s1. The molecule has 1 amide bonds. The van der Waals surface area contributed by atoms with Crippen molar-refractivity contribution in [3.05, 3.63) is 46.3 Å². The number of pyridine rings is 1. The minimum Gasteiger partial charge on any atom is -0.371 e. The van der Waals surface area contributed by atoms with E-state index in [1.54, 1.807) is 6.92 Å². The van der Waals surface area contributed by atoms with E-state index in [2.05, 4.69) is 15.3 Å². The van der Waals surface area contributed by atoms with Crippen LogP contribution in [0.15, 0.2) is 24.4 Å². The SMILES string of the molecule is CO[C@H](c1c(Nc2ccc([C@H](N(C)C(=O)C3CCS(=O)(=O)CC3)C(F)(F)F)cc2F)cnc2sc(C)nc12)C(F)F. The van der Waals surface area contributed by atoms with E-state index in [1.165, 1.54) is 6.20 Å². The number of benzene rings is 1. The lowest BCUT2D eigenvalue weighted by atomic mass is 9.98. The van der Waals surface area contributed by atoms with Gasteiger partial charge in [-0.05, 0) is 37.5 Å². The first-order valence-electron chi connectivity index (χ1n) is 12.3. The van der Waals surface area contributed by atoms with Crippen LogP contribution in [0.3, 0.4) is 0 Å². The highest BCUT2D eigenvalue weighted by molar-refractivity contribution is 7.91. The Morgan fingerprint density at radius 1 is 1.20 bits per heavy atom. The van der Waals surface area contributed by atoms with Crippen molar-refractivity contribution in [2.75, 3.05) is 31.0 Å². The Morgan fingerprint density at radius 2 is 1.85 bits per heavy atom. The number of aryl methyl sites for hydroxylation is 1. The van der Waals surface area contributed by atoms with Gasteiger partial charge in [-0.15, -0.1) is 0 Å². The second-order valence-corrected chi connectivity index (χ2v) is 13.1. The number of halogens is 6. The van der Waals surface area contributed by atoms with Gasteiger partial charge in [-0.2, -0.15) is 13.2 Å². The van der Waals surface area contributed by atoms with Gasteiger partial charge < -0.3 is 15.0 Å². The highest BCUT2D eigenvalue weighted by Gasteiger charge is 2.47. The fraction of sp³-hybridized carbons (Fsp3) is 0.480. The molecule has 0 spiro atoms. The zero-order chi connectivity index (χ0) is 30.3. The first-order chi connectivity index (χ1) is 19.1. The maximum absolute atomic E-state index is 15.3. The van der Waals surface area contributed by atoms with E-state index in [4.69, 9.17) is 4.74 Å². The molecular weight excluding hydrogens is 598 g/mol. The molecule has 8 nitrogen and oxygen atoms in total. The van der Waals surface area contributed by atoms with Gasteiger partial charge in [0.1, 0.15) is 32.1 Å². The maximum Gasteiger partial charge on any atom is 0.413 e. The Kier molecular flexibility index (Phi) is 8.85. The van der Waals surface area contributed by atoms with E-state index in [1.807, 2.05) is 0 Å². The van der Waals surface area contributed by atoms with Crippen LogP contribution in [0.5, 0.6) is 0 Å². The van der Waals surface area contributed by atoms with Crippen LogP contribution in [-0.4, -0.2) is 67.5 Å². The van der Waals surface area contributed by atoms with E-state index in [-0.39, 0.29) is 46.8 Å². The van der Waals surface area contributed by atoms with Gasteiger partial charge in [0.2, 0.25) is 5.91 Å². The first-order valence-corrected chi connectivity index (χ1v) is 14.9. The minimum absolute atomic E-state index is 0.0754. The van der Waals surface area contributed by atoms with Crippen LogP contribution in [0.2, 0.25) is 0 Å². The predicted octanol–water partition coefficient (Wildman–Crippen LogP) is 5.72. The van der Waals surface area contributed by atoms with Crippen LogP contribution in [0.4, 0.5) is 37.7 Å². The van der Waals surface area contributed by atoms with Gasteiger partial charge in [0.15, 0.2) is 6.04 Å². The number of carbonyl (C=O) groups excluding carboxylic acids is 1. The summed E-state index contributed by atoms with van der Waals surface area (Å²) in [5, 5.41) is 3.16. The fourth-order valence-electron chi connectivity index (χ4n) is 4.87. The van der Waals surface area contributed by atoms with E-state index >= 15 is 4.39 Å². The number of aromatic nitrogens is 2. The monoisotopic (exact) mass is 624 g/mol. The third kappa shape index (κ3) is 6.59. The number of rotatable bonds is 8. The normalized spacial score (nSPS) is 17.5. The van der Waals surface area contributed by atoms with Crippen molar-refractivity contribution < 1.29 is 44.3 Å². The number of thiazole rings is 1. The van der Waals surface area contributed by atoms with E-state index < -0.39 is 57.8 Å². The van der Waals surface area contributed by atoms with E-state index in [0.717, 1.165) is 37.6 Å². The summed E-state index contributed by atoms with van der Waals surface area (Å²) in [5.41, 5.74) is -0.956. The molecule has 224 valence electrons. The molecule has 0 saturated carbocycles. The topological polar surface area (TPSA) is 101 Å². The molecule has 2 aromatic heterocycles. The number of nitrogens with zero attached hydrogens (tertiary/aromatic N) is 3. The van der Waals surface area contributed by atoms with Gasteiger partial charge in [-0.1, -0.05) is 17.4 Å². The van der Waals surface area contributed by atoms with Crippen LogP contribution in [0.1, 0.15) is 41.1 Å². The summed E-state index contributed by atoms with van der Waals surface area (Å²) in [5.74, 6) is -3.57. The second-order valence-electron chi connectivity index (χ2n) is 9.65. The quantitative estimate of drug-likeness (QED) is 0.320. The Bertz CT molecular complexity index is 1530. The number of ether oxygens (including phenoxy) is 1. The smallest absolute Gasteiger partial charge is 0.371 e. The zero-order valence-electron chi connectivity index (χ0n) is 22.0. The summed E-state index contributed by atoms with van der Waals surface area (Å²) < 4.78 is 114. The van der Waals surface area contributed by atoms with Gasteiger partial charge >= 0.3 is 6.18 Å². The summed E-state index contributed by atoms with van der Waals surface area (Å²) in [6.07, 6.45) is -8.74. The fourth-order valence-corrected chi connectivity index (χ4v) is 7.13. The number of hydrogen-bond acceptors (Lipinski definition) is 8. The van der Waals surface area contributed by atoms with Crippen molar-refractivity contribution in [1.82, 2.24) is 14.9 Å². The molecule has 41 heavy (non-hydrogen) atoms. The lowest BCUT2D eigenvalue weighted by Crippen LogP contribution is -2.44. The Morgan fingerprint density at radius 3 is 2.41 bits per heavy atom. The number of fused-ring (bicyclic) bond motifs is 1. The van der Waals surface area contributed by atoms with Crippen LogP contribution in [0.25, 0.3) is 10.3 Å². The molecule has 4 rings (SSSR count). The molecule has 2 atom stereocenters. The average Bonchev–Trinajstić information content (AvgIpc) is 3.26. The summed E-state index contributed by atoms with van der Waals surface area (Å²) in [4.78, 5) is 22.1. The molecule has 0 aliphatic carbocycles. The summed E-state index contributed by atoms with van der Waals surface area (Å²) in [6.45, 7) is 1.65. The number of methoxy groups -OCH3 is 1. The third-order valence-corrected chi connectivity index (χ3v) is 9.46. The van der Waals surface area contributed by atoms with Crippen LogP contribution in [0, 0.1) is 18.7 Å². The van der Waals surface area contributed by atoms with Crippen LogP contribution < -0.4 is 5.32 Å². The lowest BCUT2D eigenvalue weighted by molar-refractivity contribution is -0.190. The highest BCUT2D eigenvalue weighted by atomic mass is 32.2. The zero-order valence-corrected chi connectivity index (χ0v) is 23.6. The van der Waals surface area contributed by atoms with Crippen LogP contribution >= 0.6 is 11.3 Å². The number of anilines is 2. The van der Waals surface area contributed by atoms with Crippen molar-refractivity contribution in [3.8, 4) is 0 Å². The van der Waals surface area contributed by atoms with Gasteiger partial charge in [0.05, 0.1) is 34.1 Å². The third-order valence-electron chi connectivity index (χ3n) is 6.87. The molecule has 16 heteroatoms. The molecule has 3 aromatic rings. The Balaban J connectivity index is 1.66. The summed E-state index contributed by atoms with van der Waals surface area (Å²) >= 11 is 1.15. The van der Waals surface area contributed by atoms with Crippen LogP contribution in [-0.2, 0) is 19.4 Å². The number of alkyl halides is 5. The molecule has 1 saturated heterocycles. The Hall–Kier alpha value is -2.98. The molecule has 1 fully saturated rings. The number of carbonyl (C=O) groups is 1. The molecule has 0 radical (unpaired) electrons. The van der Waals surface area contributed by atoms with E-state index in [0.29, 0.717) is 20.8 Å². The number of nitrogens with one attached hydrogen (secondary N) is 1. The van der Waals surface area contributed by atoms with Crippen molar-refractivity contribution >= 4 is 48.8 Å². The molecule has 0 unspecified atom stereocenters. The molecule has 1 N–H and O–H groups in total. The largest absolute Gasteiger partial charge is 0.413 e. The molecule has 1 aromatic carbocycles. The second kappa shape index (κ2) is 11.7. The van der Waals surface area contributed by atoms with Gasteiger partial charge in [0, 0.05) is 25.6 Å². The first kappa shape index (κ1) is 31.0. The predicted molar refractivity (Wildman–Crippen MR) is 141 cm³/mol. The molecular formula is C25H26F6N4O4S2. The maximum atomic E-state index is 15.3. The van der Waals surface area contributed by atoms with Gasteiger partial charge in [-0.3, -0.25) is 4.79 Å². The Labute approximate surface area is 235 Å². The molecule has 1 aliphatic rings. The number of amides is 1. The number of sulfone groups is 1. The van der Waals surface area contributed by atoms with E-state index in [9.17, 15) is 35.2 Å². The number of hydrogen-bond donors (Lipinski definition) is 1. The van der Waals surface area contributed by atoms with Crippen molar-refractivity contribution in [2.45, 2.75) is 44.5 Å². The molecule has 0 bridgehead atoms. The van der Waals surface area contributed by atoms with Crippen molar-refractivity contribution in [1.29, 1.82) is 0 Å². The molecule has 3 heterocycles. The highest BCUT2D eigenvalue weighted by Crippen LogP contribution is 2.41. The average molecular weight is 625 g/mol. The summed E-state index contributed by atoms with van der Waals surface area (Å²) in [7, 11) is -1.34. The summed E-state index contributed by atoms with van der Waals surface area (Å²) in [6, 6.07) is 0.0625. The minimum atomic E-state index is -4.99. The van der Waals surface area contributed by atoms with Gasteiger partial charge in [-0.25, -0.2) is 31.6 Å². The van der Waals surface area contributed by atoms with Crippen molar-refractivity contribution in [2.24, 2.45) is 5.92 Å².